The minimum atomic E-state index is -0.287. The Kier molecular flexibility index (Phi) is 7.56. The van der Waals surface area contributed by atoms with Gasteiger partial charge in [-0.05, 0) is 93.1 Å². The maximum Gasteiger partial charge on any atom is 0.319 e. The summed E-state index contributed by atoms with van der Waals surface area (Å²) >= 11 is 6.03. The molecule has 8 heteroatoms. The number of aromatic nitrogens is 1. The summed E-state index contributed by atoms with van der Waals surface area (Å²) in [5.74, 6) is 0.0240. The lowest BCUT2D eigenvalue weighted by Crippen LogP contribution is -2.45. The molecule has 1 fully saturated rings. The number of halogens is 1. The Morgan fingerprint density at radius 2 is 1.74 bits per heavy atom. The Balaban J connectivity index is 1.21. The van der Waals surface area contributed by atoms with Crippen molar-refractivity contribution in [2.45, 2.75) is 51.6 Å². The maximum absolute atomic E-state index is 13.5. The fraction of sp³-hybridized carbons (Fsp3) is 0.367. The van der Waals surface area contributed by atoms with Crippen molar-refractivity contribution in [2.75, 3.05) is 30.4 Å². The molecule has 2 aromatic carbocycles. The zero-order valence-electron chi connectivity index (χ0n) is 22.1. The minimum Gasteiger partial charge on any atom is -0.371 e. The maximum atomic E-state index is 13.5. The summed E-state index contributed by atoms with van der Waals surface area (Å²) in [5.41, 5.74) is 6.76. The van der Waals surface area contributed by atoms with Gasteiger partial charge in [0.2, 0.25) is 0 Å². The molecule has 1 atom stereocenters. The second kappa shape index (κ2) is 11.0. The molecule has 0 bridgehead atoms. The SMILES string of the molecule is Cc1cc(N2CCC(N(C)C(=O)c3ccc4c(c3)C(NC(=O)Nc3cccc(Cl)c3)CC4)CC2)cc(C)n1. The molecule has 5 rings (SSSR count). The molecule has 7 nitrogen and oxygen atoms in total. The van der Waals surface area contributed by atoms with E-state index in [4.69, 9.17) is 11.6 Å². The van der Waals surface area contributed by atoms with Crippen LogP contribution in [0, 0.1) is 13.8 Å². The monoisotopic (exact) mass is 531 g/mol. The Labute approximate surface area is 229 Å². The largest absolute Gasteiger partial charge is 0.371 e. The molecule has 0 radical (unpaired) electrons. The van der Waals surface area contributed by atoms with Gasteiger partial charge in [0.1, 0.15) is 0 Å². The summed E-state index contributed by atoms with van der Waals surface area (Å²) in [5, 5.41) is 6.47. The number of pyridine rings is 1. The van der Waals surface area contributed by atoms with E-state index in [0.29, 0.717) is 16.3 Å². The topological polar surface area (TPSA) is 77.6 Å². The van der Waals surface area contributed by atoms with Gasteiger partial charge in [0.25, 0.3) is 5.91 Å². The molecule has 0 spiro atoms. The smallest absolute Gasteiger partial charge is 0.319 e. The number of carbonyl (C=O) groups is 2. The van der Waals surface area contributed by atoms with Crippen molar-refractivity contribution >= 4 is 34.9 Å². The third-order valence-electron chi connectivity index (χ3n) is 7.62. The molecule has 0 saturated carbocycles. The van der Waals surface area contributed by atoms with E-state index >= 15 is 0 Å². The van der Waals surface area contributed by atoms with Gasteiger partial charge >= 0.3 is 6.03 Å². The number of piperidine rings is 1. The van der Waals surface area contributed by atoms with Crippen LogP contribution in [0.2, 0.25) is 5.02 Å². The highest BCUT2D eigenvalue weighted by Crippen LogP contribution is 2.33. The number of rotatable bonds is 5. The average molecular weight is 532 g/mol. The number of nitrogens with one attached hydrogen (secondary N) is 2. The summed E-state index contributed by atoms with van der Waals surface area (Å²) in [4.78, 5) is 34.9. The predicted molar refractivity (Wildman–Crippen MR) is 152 cm³/mol. The highest BCUT2D eigenvalue weighted by atomic mass is 35.5. The molecule has 2 N–H and O–H groups in total. The number of benzene rings is 2. The van der Waals surface area contributed by atoms with Gasteiger partial charge in [-0.3, -0.25) is 9.78 Å². The molecular formula is C30H34ClN5O2. The van der Waals surface area contributed by atoms with Crippen LogP contribution in [-0.2, 0) is 6.42 Å². The number of aryl methyl sites for hydroxylation is 3. The molecule has 198 valence electrons. The molecule has 2 heterocycles. The Morgan fingerprint density at radius 3 is 2.45 bits per heavy atom. The van der Waals surface area contributed by atoms with Gasteiger partial charge in [0.05, 0.1) is 6.04 Å². The predicted octanol–water partition coefficient (Wildman–Crippen LogP) is 5.90. The van der Waals surface area contributed by atoms with Crippen molar-refractivity contribution in [3.05, 3.63) is 87.7 Å². The molecule has 38 heavy (non-hydrogen) atoms. The number of amides is 3. The van der Waals surface area contributed by atoms with Crippen molar-refractivity contribution in [3.8, 4) is 0 Å². The van der Waals surface area contributed by atoms with E-state index in [1.165, 1.54) is 11.3 Å². The lowest BCUT2D eigenvalue weighted by Gasteiger charge is -2.38. The second-order valence-electron chi connectivity index (χ2n) is 10.4. The fourth-order valence-corrected chi connectivity index (χ4v) is 5.84. The number of fused-ring (bicyclic) bond motifs is 1. The van der Waals surface area contributed by atoms with Crippen molar-refractivity contribution in [1.82, 2.24) is 15.2 Å². The number of urea groups is 1. The van der Waals surface area contributed by atoms with E-state index in [0.717, 1.165) is 55.7 Å². The van der Waals surface area contributed by atoms with E-state index in [1.54, 1.807) is 24.3 Å². The third kappa shape index (κ3) is 5.78. The number of anilines is 2. The van der Waals surface area contributed by atoms with Crippen LogP contribution in [0.3, 0.4) is 0 Å². The summed E-state index contributed by atoms with van der Waals surface area (Å²) in [7, 11) is 1.91. The lowest BCUT2D eigenvalue weighted by molar-refractivity contribution is 0.0709. The zero-order chi connectivity index (χ0) is 26.8. The number of nitrogens with zero attached hydrogens (tertiary/aromatic N) is 3. The summed E-state index contributed by atoms with van der Waals surface area (Å²) < 4.78 is 0. The zero-order valence-corrected chi connectivity index (χ0v) is 22.9. The van der Waals surface area contributed by atoms with Gasteiger partial charge in [-0.15, -0.1) is 0 Å². The number of hydrogen-bond acceptors (Lipinski definition) is 4. The van der Waals surface area contributed by atoms with E-state index in [2.05, 4.69) is 32.7 Å². The molecule has 1 saturated heterocycles. The van der Waals surface area contributed by atoms with Gasteiger partial charge in [-0.1, -0.05) is 23.7 Å². The van der Waals surface area contributed by atoms with Crippen molar-refractivity contribution in [2.24, 2.45) is 0 Å². The normalized spacial score (nSPS) is 17.2. The number of hydrogen-bond donors (Lipinski definition) is 2. The van der Waals surface area contributed by atoms with Crippen LogP contribution in [0.1, 0.15) is 58.2 Å². The lowest BCUT2D eigenvalue weighted by atomic mass is 10.00. The van der Waals surface area contributed by atoms with Crippen LogP contribution in [0.25, 0.3) is 0 Å². The fourth-order valence-electron chi connectivity index (χ4n) is 5.65. The van der Waals surface area contributed by atoms with Crippen LogP contribution in [0.4, 0.5) is 16.2 Å². The van der Waals surface area contributed by atoms with Crippen LogP contribution in [-0.4, -0.2) is 48.0 Å². The van der Waals surface area contributed by atoms with E-state index in [9.17, 15) is 9.59 Å². The number of carbonyl (C=O) groups excluding carboxylic acids is 2. The van der Waals surface area contributed by atoms with Crippen LogP contribution in [0.15, 0.2) is 54.6 Å². The Morgan fingerprint density at radius 1 is 1.00 bits per heavy atom. The molecule has 3 amide bonds. The van der Waals surface area contributed by atoms with Gasteiger partial charge < -0.3 is 20.4 Å². The molecule has 1 unspecified atom stereocenters. The first-order valence-corrected chi connectivity index (χ1v) is 13.6. The van der Waals surface area contributed by atoms with E-state index in [-0.39, 0.29) is 24.0 Å². The molecule has 3 aromatic rings. The molecule has 1 aromatic heterocycles. The molecular weight excluding hydrogens is 498 g/mol. The minimum absolute atomic E-state index is 0.0240. The molecule has 2 aliphatic rings. The van der Waals surface area contributed by atoms with Crippen molar-refractivity contribution < 1.29 is 9.59 Å². The second-order valence-corrected chi connectivity index (χ2v) is 10.8. The van der Waals surface area contributed by atoms with E-state index < -0.39 is 0 Å². The van der Waals surface area contributed by atoms with Crippen molar-refractivity contribution in [3.63, 3.8) is 0 Å². The highest BCUT2D eigenvalue weighted by Gasteiger charge is 2.29. The summed E-state index contributed by atoms with van der Waals surface area (Å²) in [6.45, 7) is 5.86. The summed E-state index contributed by atoms with van der Waals surface area (Å²) in [6, 6.07) is 17.0. The van der Waals surface area contributed by atoms with Gasteiger partial charge in [0, 0.05) is 59.5 Å². The van der Waals surface area contributed by atoms with Crippen LogP contribution < -0.4 is 15.5 Å². The van der Waals surface area contributed by atoms with E-state index in [1.807, 2.05) is 44.0 Å². The first-order chi connectivity index (χ1) is 18.3. The molecule has 1 aliphatic carbocycles. The first kappa shape index (κ1) is 26.0. The first-order valence-electron chi connectivity index (χ1n) is 13.2. The quantitative estimate of drug-likeness (QED) is 0.429. The third-order valence-corrected chi connectivity index (χ3v) is 7.86. The van der Waals surface area contributed by atoms with Crippen LogP contribution >= 0.6 is 11.6 Å². The summed E-state index contributed by atoms with van der Waals surface area (Å²) in [6.07, 6.45) is 3.51. The average Bonchev–Trinajstić information content (AvgIpc) is 3.29. The Hall–Kier alpha value is -3.58. The van der Waals surface area contributed by atoms with Gasteiger partial charge in [-0.2, -0.15) is 0 Å². The Bertz CT molecular complexity index is 1330. The standard InChI is InChI=1S/C30H34ClN5O2/c1-19-15-26(16-20(2)32-19)36-13-11-25(12-14-36)35(3)29(37)22-8-7-21-9-10-28(27(21)17-22)34-30(38)33-24-6-4-5-23(31)18-24/h4-8,15-18,25,28H,9-14H2,1-3H3,(H2,33,34,38). The van der Waals surface area contributed by atoms with Gasteiger partial charge in [0.15, 0.2) is 0 Å². The van der Waals surface area contributed by atoms with Crippen molar-refractivity contribution in [1.29, 1.82) is 0 Å². The molecule has 1 aliphatic heterocycles. The highest BCUT2D eigenvalue weighted by molar-refractivity contribution is 6.30. The van der Waals surface area contributed by atoms with Gasteiger partial charge in [-0.25, -0.2) is 4.79 Å². The van der Waals surface area contributed by atoms with Crippen LogP contribution in [0.5, 0.6) is 0 Å².